The summed E-state index contributed by atoms with van der Waals surface area (Å²) in [6, 6.07) is 0. The van der Waals surface area contributed by atoms with Crippen molar-refractivity contribution in [2.75, 3.05) is 0 Å². The average molecular weight is 244 g/mol. The van der Waals surface area contributed by atoms with Crippen LogP contribution >= 0.6 is 33.8 Å². The van der Waals surface area contributed by atoms with Gasteiger partial charge in [-0.15, -0.1) is 22.2 Å². The van der Waals surface area contributed by atoms with Crippen LogP contribution in [0.15, 0.2) is 10.7 Å². The van der Waals surface area contributed by atoms with E-state index < -0.39 is 17.5 Å². The maximum absolute atomic E-state index is 11.6. The molecule has 0 aliphatic rings. The molecular formula is C4H4Cl3F3Si. The van der Waals surface area contributed by atoms with Gasteiger partial charge in [0.2, 0.25) is 0 Å². The van der Waals surface area contributed by atoms with Crippen LogP contribution in [0.25, 0.3) is 0 Å². The summed E-state index contributed by atoms with van der Waals surface area (Å²) in [7, 11) is 0. The van der Waals surface area contributed by atoms with Gasteiger partial charge >= 0.3 is 6.18 Å². The fourth-order valence-corrected chi connectivity index (χ4v) is 1.14. The molecule has 0 aromatic heterocycles. The number of hydrogen-bond acceptors (Lipinski definition) is 0. The fourth-order valence-electron chi connectivity index (χ4n) is 0.270. The topological polar surface area (TPSA) is 0 Å². The summed E-state index contributed by atoms with van der Waals surface area (Å²) in [5, 5.41) is 0. The Bertz CT molecular complexity index is 168. The first-order valence-electron chi connectivity index (χ1n) is 2.46. The van der Waals surface area contributed by atoms with Crippen LogP contribution in [-0.4, -0.2) is 12.9 Å². The standard InChI is InChI=1S/C4H4Cl3F3Si/c1-11(6,7)3(5)2-4(8,9)10/h2H,1H3/b3-2+. The van der Waals surface area contributed by atoms with E-state index in [1.165, 1.54) is 6.55 Å². The first-order chi connectivity index (χ1) is 4.63. The van der Waals surface area contributed by atoms with Crippen LogP contribution in [0.2, 0.25) is 6.55 Å². The summed E-state index contributed by atoms with van der Waals surface area (Å²) in [6.45, 7) is -1.73. The van der Waals surface area contributed by atoms with E-state index in [0.717, 1.165) is 0 Å². The van der Waals surface area contributed by atoms with Crippen molar-refractivity contribution in [2.45, 2.75) is 12.7 Å². The van der Waals surface area contributed by atoms with Crippen molar-refractivity contribution >= 4 is 40.5 Å². The summed E-state index contributed by atoms with van der Waals surface area (Å²) in [4.78, 5) is 0. The Hall–Kier alpha value is 0.617. The minimum absolute atomic E-state index is 0.0826. The highest BCUT2D eigenvalue weighted by Crippen LogP contribution is 2.31. The molecule has 0 N–H and O–H groups in total. The molecule has 0 spiro atoms. The Balaban J connectivity index is 4.49. The molecule has 0 saturated carbocycles. The molecule has 0 aliphatic heterocycles. The van der Waals surface area contributed by atoms with E-state index in [4.69, 9.17) is 33.8 Å². The third-order valence-electron chi connectivity index (χ3n) is 0.710. The van der Waals surface area contributed by atoms with Crippen molar-refractivity contribution in [3.05, 3.63) is 10.7 Å². The van der Waals surface area contributed by atoms with Crippen molar-refractivity contribution < 1.29 is 13.2 Å². The molecule has 0 aliphatic carbocycles. The summed E-state index contributed by atoms with van der Waals surface area (Å²) in [5.74, 6) is 0. The zero-order valence-corrected chi connectivity index (χ0v) is 8.61. The number of alkyl halides is 3. The summed E-state index contributed by atoms with van der Waals surface area (Å²) in [6.07, 6.45) is -4.53. The second-order valence-electron chi connectivity index (χ2n) is 1.92. The highest BCUT2D eigenvalue weighted by molar-refractivity contribution is 7.49. The van der Waals surface area contributed by atoms with Crippen molar-refractivity contribution in [1.82, 2.24) is 0 Å². The maximum atomic E-state index is 11.6. The van der Waals surface area contributed by atoms with E-state index >= 15 is 0 Å². The highest BCUT2D eigenvalue weighted by atomic mass is 35.7. The molecule has 66 valence electrons. The van der Waals surface area contributed by atoms with Crippen molar-refractivity contribution in [3.8, 4) is 0 Å². The molecule has 0 bridgehead atoms. The second kappa shape index (κ2) is 3.56. The van der Waals surface area contributed by atoms with Gasteiger partial charge in [0.05, 0.1) is 0 Å². The molecule has 0 unspecified atom stereocenters. The molecule has 0 heterocycles. The molecular weight excluding hydrogens is 239 g/mol. The quantitative estimate of drug-likeness (QED) is 0.486. The lowest BCUT2D eigenvalue weighted by molar-refractivity contribution is -0.0799. The molecule has 0 fully saturated rings. The molecule has 7 heteroatoms. The van der Waals surface area contributed by atoms with Crippen LogP contribution in [0.3, 0.4) is 0 Å². The Kier molecular flexibility index (Phi) is 3.76. The van der Waals surface area contributed by atoms with Crippen LogP contribution in [0, 0.1) is 0 Å². The molecule has 0 saturated heterocycles. The number of allylic oxidation sites excluding steroid dienone is 1. The first-order valence-corrected chi connectivity index (χ1v) is 7.36. The average Bonchev–Trinajstić information content (AvgIpc) is 1.56. The SMILES string of the molecule is C[Si](Cl)(Cl)/C(Cl)=C/C(F)(F)F. The van der Waals surface area contributed by atoms with E-state index in [9.17, 15) is 13.2 Å². The smallest absolute Gasteiger partial charge is 0.167 e. The normalized spacial score (nSPS) is 15.4. The number of rotatable bonds is 1. The zero-order chi connectivity index (χ0) is 9.28. The molecule has 0 radical (unpaired) electrons. The van der Waals surface area contributed by atoms with Gasteiger partial charge in [0.15, 0.2) is 0 Å². The van der Waals surface area contributed by atoms with Gasteiger partial charge in [-0.1, -0.05) is 11.6 Å². The Morgan fingerprint density at radius 2 is 1.73 bits per heavy atom. The van der Waals surface area contributed by atoms with Crippen LogP contribution in [-0.2, 0) is 0 Å². The van der Waals surface area contributed by atoms with Gasteiger partial charge in [0.1, 0.15) is 0 Å². The van der Waals surface area contributed by atoms with E-state index in [0.29, 0.717) is 0 Å². The third kappa shape index (κ3) is 5.84. The lowest BCUT2D eigenvalue weighted by Gasteiger charge is -2.09. The van der Waals surface area contributed by atoms with Crippen LogP contribution in [0.4, 0.5) is 13.2 Å². The molecule has 0 nitrogen and oxygen atoms in total. The molecule has 0 amide bonds. The van der Waals surface area contributed by atoms with Crippen molar-refractivity contribution in [3.63, 3.8) is 0 Å². The summed E-state index contributed by atoms with van der Waals surface area (Å²) in [5.41, 5.74) is 0. The number of halogens is 6. The van der Waals surface area contributed by atoms with Gasteiger partial charge in [0, 0.05) is 10.7 Å². The summed E-state index contributed by atoms with van der Waals surface area (Å²) >= 11 is 16.0. The van der Waals surface area contributed by atoms with Gasteiger partial charge in [-0.25, -0.2) is 0 Å². The monoisotopic (exact) mass is 242 g/mol. The predicted octanol–water partition coefficient (Wildman–Crippen LogP) is 3.76. The molecule has 0 aromatic rings. The van der Waals surface area contributed by atoms with Crippen molar-refractivity contribution in [1.29, 1.82) is 0 Å². The first kappa shape index (κ1) is 11.6. The Morgan fingerprint density at radius 3 is 1.82 bits per heavy atom. The maximum Gasteiger partial charge on any atom is 0.410 e. The van der Waals surface area contributed by atoms with Crippen molar-refractivity contribution in [2.24, 2.45) is 0 Å². The van der Waals surface area contributed by atoms with E-state index in [2.05, 4.69) is 0 Å². The van der Waals surface area contributed by atoms with E-state index in [1.54, 1.807) is 0 Å². The number of hydrogen-bond donors (Lipinski definition) is 0. The van der Waals surface area contributed by atoms with Gasteiger partial charge in [0.25, 0.3) is 6.69 Å². The lowest BCUT2D eigenvalue weighted by Crippen LogP contribution is -2.16. The Morgan fingerprint density at radius 1 is 1.36 bits per heavy atom. The van der Waals surface area contributed by atoms with Crippen LogP contribution in [0.5, 0.6) is 0 Å². The van der Waals surface area contributed by atoms with Crippen LogP contribution < -0.4 is 0 Å². The predicted molar refractivity (Wildman–Crippen MR) is 43.3 cm³/mol. The highest BCUT2D eigenvalue weighted by Gasteiger charge is 2.32. The lowest BCUT2D eigenvalue weighted by atomic mass is 10.6. The Labute approximate surface area is 77.3 Å². The molecule has 0 atom stereocenters. The third-order valence-corrected chi connectivity index (χ3v) is 4.74. The minimum atomic E-state index is -4.45. The fraction of sp³-hybridized carbons (Fsp3) is 0.500. The second-order valence-corrected chi connectivity index (χ2v) is 10.1. The van der Waals surface area contributed by atoms with E-state index in [1.807, 2.05) is 0 Å². The van der Waals surface area contributed by atoms with Gasteiger partial charge in [-0.2, -0.15) is 13.2 Å². The van der Waals surface area contributed by atoms with Crippen LogP contribution in [0.1, 0.15) is 0 Å². The largest absolute Gasteiger partial charge is 0.410 e. The molecule has 0 aromatic carbocycles. The zero-order valence-electron chi connectivity index (χ0n) is 5.35. The molecule has 0 rings (SSSR count). The summed E-state index contributed by atoms with van der Waals surface area (Å²) < 4.78 is 34.2. The molecule has 11 heavy (non-hydrogen) atoms. The van der Waals surface area contributed by atoms with Gasteiger partial charge in [-0.05, 0) is 6.55 Å². The minimum Gasteiger partial charge on any atom is -0.167 e. The van der Waals surface area contributed by atoms with Gasteiger partial charge < -0.3 is 0 Å². The van der Waals surface area contributed by atoms with E-state index in [-0.39, 0.29) is 6.08 Å². The van der Waals surface area contributed by atoms with Gasteiger partial charge in [-0.3, -0.25) is 0 Å².